The van der Waals surface area contributed by atoms with Crippen LogP contribution in [0.4, 0.5) is 0 Å². The van der Waals surface area contributed by atoms with Crippen molar-refractivity contribution in [3.05, 3.63) is 36.3 Å². The van der Waals surface area contributed by atoms with Gasteiger partial charge in [-0.2, -0.15) is 5.10 Å². The molecule has 100 valence electrons. The molecule has 0 bridgehead atoms. The molecule has 2 aromatic heterocycles. The largest absolute Gasteiger partial charge is 0.394 e. The highest BCUT2D eigenvalue weighted by Crippen LogP contribution is 2.16. The number of aromatic amines is 1. The van der Waals surface area contributed by atoms with Gasteiger partial charge in [-0.1, -0.05) is 6.92 Å². The Morgan fingerprint density at radius 3 is 2.84 bits per heavy atom. The molecule has 3 N–H and O–H groups in total. The number of rotatable bonds is 5. The van der Waals surface area contributed by atoms with Crippen LogP contribution in [0.2, 0.25) is 0 Å². The first-order valence-electron chi connectivity index (χ1n) is 6.12. The van der Waals surface area contributed by atoms with Gasteiger partial charge in [-0.05, 0) is 24.6 Å². The summed E-state index contributed by atoms with van der Waals surface area (Å²) in [6, 6.07) is 5.08. The fourth-order valence-electron chi connectivity index (χ4n) is 1.65. The second kappa shape index (κ2) is 6.10. The molecular weight excluding hydrogens is 244 g/mol. The van der Waals surface area contributed by atoms with Gasteiger partial charge in [0.2, 0.25) is 0 Å². The Balaban J connectivity index is 2.11. The van der Waals surface area contributed by atoms with Crippen molar-refractivity contribution in [1.29, 1.82) is 0 Å². The summed E-state index contributed by atoms with van der Waals surface area (Å²) >= 11 is 0. The summed E-state index contributed by atoms with van der Waals surface area (Å²) in [6.45, 7) is 1.82. The van der Waals surface area contributed by atoms with Crippen LogP contribution >= 0.6 is 0 Å². The van der Waals surface area contributed by atoms with Crippen molar-refractivity contribution in [3.63, 3.8) is 0 Å². The van der Waals surface area contributed by atoms with Crippen LogP contribution < -0.4 is 5.32 Å². The minimum atomic E-state index is -0.270. The number of amides is 1. The van der Waals surface area contributed by atoms with E-state index in [1.165, 1.54) is 0 Å². The van der Waals surface area contributed by atoms with Crippen molar-refractivity contribution < 1.29 is 9.90 Å². The van der Waals surface area contributed by atoms with Gasteiger partial charge < -0.3 is 10.4 Å². The molecule has 0 aromatic carbocycles. The number of carbonyl (C=O) groups excluding carboxylic acids is 1. The summed E-state index contributed by atoms with van der Waals surface area (Å²) in [5.74, 6) is -0.270. The summed E-state index contributed by atoms with van der Waals surface area (Å²) in [5.41, 5.74) is 1.95. The quantitative estimate of drug-likeness (QED) is 0.747. The molecule has 0 saturated carbocycles. The number of nitrogens with one attached hydrogen (secondary N) is 2. The monoisotopic (exact) mass is 260 g/mol. The molecule has 0 radical (unpaired) electrons. The maximum absolute atomic E-state index is 11.9. The molecule has 0 spiro atoms. The van der Waals surface area contributed by atoms with Crippen LogP contribution in [-0.2, 0) is 0 Å². The van der Waals surface area contributed by atoms with Gasteiger partial charge in [0.25, 0.3) is 5.91 Å². The number of carbonyl (C=O) groups is 1. The van der Waals surface area contributed by atoms with Gasteiger partial charge >= 0.3 is 0 Å². The number of aliphatic hydroxyl groups is 1. The molecule has 6 nitrogen and oxygen atoms in total. The number of aliphatic hydroxyl groups excluding tert-OH is 1. The van der Waals surface area contributed by atoms with Crippen LogP contribution in [0.3, 0.4) is 0 Å². The maximum atomic E-state index is 11.9. The predicted octanol–water partition coefficient (Wildman–Crippen LogP) is 0.972. The minimum absolute atomic E-state index is 0.0758. The molecule has 19 heavy (non-hydrogen) atoms. The molecule has 1 amide bonds. The zero-order chi connectivity index (χ0) is 13.7. The van der Waals surface area contributed by atoms with Gasteiger partial charge in [-0.15, -0.1) is 0 Å². The first-order valence-corrected chi connectivity index (χ1v) is 6.12. The summed E-state index contributed by atoms with van der Waals surface area (Å²) < 4.78 is 0. The van der Waals surface area contributed by atoms with Gasteiger partial charge in [0.05, 0.1) is 18.3 Å². The van der Waals surface area contributed by atoms with Crippen molar-refractivity contribution in [3.8, 4) is 11.3 Å². The van der Waals surface area contributed by atoms with Gasteiger partial charge in [0, 0.05) is 18.0 Å². The molecular formula is C13H16N4O2. The Bertz CT molecular complexity index is 535. The highest BCUT2D eigenvalue weighted by molar-refractivity contribution is 5.93. The number of hydrogen-bond acceptors (Lipinski definition) is 4. The van der Waals surface area contributed by atoms with Gasteiger partial charge in [-0.25, -0.2) is 0 Å². The summed E-state index contributed by atoms with van der Waals surface area (Å²) in [7, 11) is 0. The van der Waals surface area contributed by atoms with E-state index < -0.39 is 0 Å². The number of hydrogen-bond donors (Lipinski definition) is 3. The zero-order valence-electron chi connectivity index (χ0n) is 10.6. The molecule has 2 heterocycles. The number of nitrogens with zero attached hydrogens (tertiary/aromatic N) is 2. The Morgan fingerprint density at radius 1 is 1.47 bits per heavy atom. The highest BCUT2D eigenvalue weighted by Gasteiger charge is 2.14. The van der Waals surface area contributed by atoms with Crippen molar-refractivity contribution in [1.82, 2.24) is 20.5 Å². The van der Waals surface area contributed by atoms with Crippen LogP contribution in [0.15, 0.2) is 30.6 Å². The normalized spacial score (nSPS) is 12.1. The molecule has 1 atom stereocenters. The summed E-state index contributed by atoms with van der Waals surface area (Å²) in [6.07, 6.45) is 4.01. The van der Waals surface area contributed by atoms with Crippen molar-refractivity contribution in [2.24, 2.45) is 0 Å². The van der Waals surface area contributed by atoms with E-state index in [0.717, 1.165) is 5.56 Å². The van der Waals surface area contributed by atoms with Crippen molar-refractivity contribution in [2.75, 3.05) is 6.61 Å². The molecule has 0 aliphatic rings. The van der Waals surface area contributed by atoms with E-state index in [9.17, 15) is 4.79 Å². The number of pyridine rings is 1. The lowest BCUT2D eigenvalue weighted by molar-refractivity contribution is 0.0910. The molecule has 2 aromatic rings. The lowest BCUT2D eigenvalue weighted by atomic mass is 10.2. The summed E-state index contributed by atoms with van der Waals surface area (Å²) in [5, 5.41) is 18.6. The minimum Gasteiger partial charge on any atom is -0.394 e. The molecule has 0 fully saturated rings. The maximum Gasteiger partial charge on any atom is 0.269 e. The van der Waals surface area contributed by atoms with Gasteiger partial charge in [0.15, 0.2) is 0 Å². The van der Waals surface area contributed by atoms with E-state index in [2.05, 4.69) is 20.5 Å². The van der Waals surface area contributed by atoms with Crippen LogP contribution in [0.1, 0.15) is 23.8 Å². The van der Waals surface area contributed by atoms with Crippen LogP contribution in [0.5, 0.6) is 0 Å². The SMILES string of the molecule is CC[C@@H](CO)NC(=O)c1cc(-c2ccncc2)n[nH]1. The molecule has 2 rings (SSSR count). The lowest BCUT2D eigenvalue weighted by Gasteiger charge is -2.12. The fourth-order valence-corrected chi connectivity index (χ4v) is 1.65. The van der Waals surface area contributed by atoms with E-state index in [1.807, 2.05) is 19.1 Å². The van der Waals surface area contributed by atoms with Gasteiger partial charge in [0.1, 0.15) is 5.69 Å². The van der Waals surface area contributed by atoms with E-state index in [-0.39, 0.29) is 18.6 Å². The second-order valence-electron chi connectivity index (χ2n) is 4.16. The average molecular weight is 260 g/mol. The third-order valence-electron chi connectivity index (χ3n) is 2.85. The van der Waals surface area contributed by atoms with Crippen LogP contribution in [-0.4, -0.2) is 38.8 Å². The number of aromatic nitrogens is 3. The van der Waals surface area contributed by atoms with E-state index >= 15 is 0 Å². The average Bonchev–Trinajstić information content (AvgIpc) is 2.95. The Labute approximate surface area is 110 Å². The first-order chi connectivity index (χ1) is 9.24. The topological polar surface area (TPSA) is 90.9 Å². The molecule has 0 aliphatic heterocycles. The molecule has 0 saturated heterocycles. The summed E-state index contributed by atoms with van der Waals surface area (Å²) in [4.78, 5) is 15.8. The van der Waals surface area contributed by atoms with Crippen molar-refractivity contribution >= 4 is 5.91 Å². The fraction of sp³-hybridized carbons (Fsp3) is 0.308. The van der Waals surface area contributed by atoms with E-state index in [0.29, 0.717) is 17.8 Å². The smallest absolute Gasteiger partial charge is 0.269 e. The first kappa shape index (κ1) is 13.2. The van der Waals surface area contributed by atoms with Crippen LogP contribution in [0.25, 0.3) is 11.3 Å². The molecule has 6 heteroatoms. The van der Waals surface area contributed by atoms with Crippen LogP contribution in [0, 0.1) is 0 Å². The lowest BCUT2D eigenvalue weighted by Crippen LogP contribution is -2.37. The number of H-pyrrole nitrogens is 1. The standard InChI is InChI=1S/C13H16N4O2/c1-2-10(8-18)15-13(19)12-7-11(16-17-12)9-3-5-14-6-4-9/h3-7,10,18H,2,8H2,1H3,(H,15,19)(H,16,17)/t10-/m0/s1. The molecule has 0 aliphatic carbocycles. The Morgan fingerprint density at radius 2 is 2.21 bits per heavy atom. The zero-order valence-corrected chi connectivity index (χ0v) is 10.6. The third-order valence-corrected chi connectivity index (χ3v) is 2.85. The third kappa shape index (κ3) is 3.17. The predicted molar refractivity (Wildman–Crippen MR) is 70.4 cm³/mol. The van der Waals surface area contributed by atoms with E-state index in [4.69, 9.17) is 5.11 Å². The second-order valence-corrected chi connectivity index (χ2v) is 4.16. The Kier molecular flexibility index (Phi) is 4.25. The van der Waals surface area contributed by atoms with E-state index in [1.54, 1.807) is 18.5 Å². The van der Waals surface area contributed by atoms with Crippen molar-refractivity contribution in [2.45, 2.75) is 19.4 Å². The van der Waals surface area contributed by atoms with Gasteiger partial charge in [-0.3, -0.25) is 14.9 Å². The molecule has 0 unspecified atom stereocenters. The Hall–Kier alpha value is -2.21. The highest BCUT2D eigenvalue weighted by atomic mass is 16.3.